The molecular weight excluding hydrogens is 214 g/mol. The maximum atomic E-state index is 11.8. The largest absolute Gasteiger partial charge is 0.393 e. The molecule has 1 saturated carbocycles. The number of carbonyl (C=O) groups excluding carboxylic acids is 1. The van der Waals surface area contributed by atoms with Crippen LogP contribution in [0.25, 0.3) is 0 Å². The van der Waals surface area contributed by atoms with Crippen LogP contribution < -0.4 is 0 Å². The van der Waals surface area contributed by atoms with Gasteiger partial charge in [-0.05, 0) is 30.3 Å². The molecule has 6 heteroatoms. The Labute approximate surface area is 91.9 Å². The first-order valence-electron chi connectivity index (χ1n) is 4.87. The fourth-order valence-electron chi connectivity index (χ4n) is 1.77. The molecule has 15 heavy (non-hydrogen) atoms. The van der Waals surface area contributed by atoms with E-state index in [1.807, 2.05) is 0 Å². The first kappa shape index (κ1) is 10.5. The number of rotatable bonds is 3. The molecule has 1 fully saturated rings. The van der Waals surface area contributed by atoms with Crippen LogP contribution in [0.15, 0.2) is 6.20 Å². The smallest absolute Gasteiger partial charge is 0.266 e. The van der Waals surface area contributed by atoms with E-state index in [0.717, 1.165) is 24.4 Å². The van der Waals surface area contributed by atoms with Gasteiger partial charge in [0.05, 0.1) is 12.3 Å². The zero-order valence-corrected chi connectivity index (χ0v) is 9.28. The number of hydrogen-bond acceptors (Lipinski definition) is 5. The molecule has 0 radical (unpaired) electrons. The van der Waals surface area contributed by atoms with Crippen LogP contribution in [-0.2, 0) is 0 Å². The van der Waals surface area contributed by atoms with E-state index in [-0.39, 0.29) is 12.0 Å². The molecule has 82 valence electrons. The van der Waals surface area contributed by atoms with Crippen molar-refractivity contribution in [1.29, 1.82) is 0 Å². The highest BCUT2D eigenvalue weighted by atomic mass is 32.1. The number of hydrogen-bond donors (Lipinski definition) is 1. The third-order valence-electron chi connectivity index (χ3n) is 2.66. The fourth-order valence-corrected chi connectivity index (χ4v) is 2.28. The van der Waals surface area contributed by atoms with Crippen molar-refractivity contribution in [2.24, 2.45) is 5.92 Å². The lowest BCUT2D eigenvalue weighted by Gasteiger charge is -2.34. The van der Waals surface area contributed by atoms with Gasteiger partial charge >= 0.3 is 0 Å². The molecule has 1 amide bonds. The van der Waals surface area contributed by atoms with Crippen LogP contribution >= 0.6 is 11.5 Å². The highest BCUT2D eigenvalue weighted by Gasteiger charge is 2.29. The molecule has 0 atom stereocenters. The Morgan fingerprint density at radius 1 is 1.73 bits per heavy atom. The third kappa shape index (κ3) is 2.32. The lowest BCUT2D eigenvalue weighted by molar-refractivity contribution is 0.0266. The standard InChI is InChI=1S/C9H13N3O2S/c1-12(5-6-2-7(13)3-6)9(14)8-4-10-11-15-8/h4,6-7,13H,2-3,5H2,1H3. The van der Waals surface area contributed by atoms with Gasteiger partial charge in [-0.1, -0.05) is 4.49 Å². The van der Waals surface area contributed by atoms with Gasteiger partial charge in [0.25, 0.3) is 5.91 Å². The van der Waals surface area contributed by atoms with Gasteiger partial charge in [-0.15, -0.1) is 5.10 Å². The summed E-state index contributed by atoms with van der Waals surface area (Å²) in [5.74, 6) is 0.404. The highest BCUT2D eigenvalue weighted by molar-refractivity contribution is 7.07. The minimum absolute atomic E-state index is 0.0358. The average molecular weight is 227 g/mol. The van der Waals surface area contributed by atoms with E-state index >= 15 is 0 Å². The van der Waals surface area contributed by atoms with E-state index < -0.39 is 0 Å². The van der Waals surface area contributed by atoms with Crippen molar-refractivity contribution in [3.05, 3.63) is 11.1 Å². The summed E-state index contributed by atoms with van der Waals surface area (Å²) in [6.45, 7) is 0.702. The molecule has 2 rings (SSSR count). The molecular formula is C9H13N3O2S. The summed E-state index contributed by atoms with van der Waals surface area (Å²) in [5, 5.41) is 12.8. The second-order valence-corrected chi connectivity index (χ2v) is 4.74. The normalized spacial score (nSPS) is 24.7. The molecule has 1 aliphatic carbocycles. The van der Waals surface area contributed by atoms with Gasteiger partial charge in [-0.3, -0.25) is 4.79 Å². The average Bonchev–Trinajstić information content (AvgIpc) is 2.66. The van der Waals surface area contributed by atoms with Crippen LogP contribution in [0.5, 0.6) is 0 Å². The Hall–Kier alpha value is -1.01. The van der Waals surface area contributed by atoms with Crippen LogP contribution in [0.2, 0.25) is 0 Å². The minimum Gasteiger partial charge on any atom is -0.393 e. The minimum atomic E-state index is -0.163. The number of nitrogens with zero attached hydrogens (tertiary/aromatic N) is 3. The fraction of sp³-hybridized carbons (Fsp3) is 0.667. The van der Waals surface area contributed by atoms with Crippen molar-refractivity contribution in [3.63, 3.8) is 0 Å². The number of aliphatic hydroxyl groups excluding tert-OH is 1. The predicted octanol–water partition coefficient (Wildman–Crippen LogP) is 0.381. The maximum absolute atomic E-state index is 11.8. The van der Waals surface area contributed by atoms with Gasteiger partial charge in [-0.2, -0.15) is 0 Å². The second-order valence-electron chi connectivity index (χ2n) is 3.96. The van der Waals surface area contributed by atoms with E-state index in [9.17, 15) is 4.79 Å². The third-order valence-corrected chi connectivity index (χ3v) is 3.31. The highest BCUT2D eigenvalue weighted by Crippen LogP contribution is 2.27. The number of amides is 1. The summed E-state index contributed by atoms with van der Waals surface area (Å²) in [4.78, 5) is 14.0. The van der Waals surface area contributed by atoms with Crippen molar-refractivity contribution in [1.82, 2.24) is 14.5 Å². The second kappa shape index (κ2) is 4.24. The van der Waals surface area contributed by atoms with E-state index in [1.165, 1.54) is 6.20 Å². The Kier molecular flexibility index (Phi) is 2.97. The molecule has 1 aliphatic rings. The Balaban J connectivity index is 1.86. The summed E-state index contributed by atoms with van der Waals surface area (Å²) in [6, 6.07) is 0. The molecule has 1 heterocycles. The molecule has 1 aromatic heterocycles. The molecule has 0 spiro atoms. The topological polar surface area (TPSA) is 66.3 Å². The van der Waals surface area contributed by atoms with Crippen molar-refractivity contribution in [2.75, 3.05) is 13.6 Å². The lowest BCUT2D eigenvalue weighted by Crippen LogP contribution is -2.39. The quantitative estimate of drug-likeness (QED) is 0.810. The summed E-state index contributed by atoms with van der Waals surface area (Å²) in [5.41, 5.74) is 0. The van der Waals surface area contributed by atoms with Crippen LogP contribution in [0, 0.1) is 5.92 Å². The summed E-state index contributed by atoms with van der Waals surface area (Å²) >= 11 is 1.11. The van der Waals surface area contributed by atoms with Gasteiger partial charge in [-0.25, -0.2) is 0 Å². The lowest BCUT2D eigenvalue weighted by atomic mass is 9.82. The number of aromatic nitrogens is 2. The Morgan fingerprint density at radius 3 is 3.00 bits per heavy atom. The zero-order valence-electron chi connectivity index (χ0n) is 8.46. The van der Waals surface area contributed by atoms with Crippen LogP contribution in [0.3, 0.4) is 0 Å². The SMILES string of the molecule is CN(CC1CC(O)C1)C(=O)c1cnns1. The first-order valence-corrected chi connectivity index (χ1v) is 5.65. The number of carbonyl (C=O) groups is 1. The summed E-state index contributed by atoms with van der Waals surface area (Å²) < 4.78 is 3.66. The van der Waals surface area contributed by atoms with Crippen molar-refractivity contribution >= 4 is 17.4 Å². The Morgan fingerprint density at radius 2 is 2.47 bits per heavy atom. The van der Waals surface area contributed by atoms with Crippen molar-refractivity contribution in [2.45, 2.75) is 18.9 Å². The van der Waals surface area contributed by atoms with E-state index in [2.05, 4.69) is 9.59 Å². The van der Waals surface area contributed by atoms with Gasteiger partial charge in [0.1, 0.15) is 4.88 Å². The molecule has 5 nitrogen and oxygen atoms in total. The monoisotopic (exact) mass is 227 g/mol. The van der Waals surface area contributed by atoms with Crippen LogP contribution in [0.4, 0.5) is 0 Å². The molecule has 0 bridgehead atoms. The molecule has 0 unspecified atom stereocenters. The first-order chi connectivity index (χ1) is 7.16. The molecule has 0 aromatic carbocycles. The summed E-state index contributed by atoms with van der Waals surface area (Å²) in [7, 11) is 1.77. The van der Waals surface area contributed by atoms with Crippen LogP contribution in [0.1, 0.15) is 22.5 Å². The van der Waals surface area contributed by atoms with E-state index in [0.29, 0.717) is 17.3 Å². The van der Waals surface area contributed by atoms with E-state index in [1.54, 1.807) is 11.9 Å². The van der Waals surface area contributed by atoms with Crippen LogP contribution in [-0.4, -0.2) is 45.2 Å². The van der Waals surface area contributed by atoms with E-state index in [4.69, 9.17) is 5.11 Å². The molecule has 1 N–H and O–H groups in total. The molecule has 0 saturated heterocycles. The number of aliphatic hydroxyl groups is 1. The summed E-state index contributed by atoms with van der Waals surface area (Å²) in [6.07, 6.45) is 2.93. The van der Waals surface area contributed by atoms with Gasteiger partial charge < -0.3 is 10.0 Å². The van der Waals surface area contributed by atoms with Gasteiger partial charge in [0.15, 0.2) is 0 Å². The van der Waals surface area contributed by atoms with Crippen molar-refractivity contribution in [3.8, 4) is 0 Å². The maximum Gasteiger partial charge on any atom is 0.266 e. The van der Waals surface area contributed by atoms with Gasteiger partial charge in [0.2, 0.25) is 0 Å². The zero-order chi connectivity index (χ0) is 10.8. The Bertz CT molecular complexity index is 335. The predicted molar refractivity (Wildman–Crippen MR) is 55.6 cm³/mol. The molecule has 0 aliphatic heterocycles. The van der Waals surface area contributed by atoms with Crippen molar-refractivity contribution < 1.29 is 9.90 Å². The molecule has 1 aromatic rings. The van der Waals surface area contributed by atoms with Gasteiger partial charge in [0, 0.05) is 13.6 Å².